The molecule has 0 atom stereocenters. The Balaban J connectivity index is 2.35. The molecule has 0 unspecified atom stereocenters. The quantitative estimate of drug-likeness (QED) is 0.602. The highest BCUT2D eigenvalue weighted by Crippen LogP contribution is 2.14. The minimum Gasteiger partial charge on any atom is -0.450 e. The van der Waals surface area contributed by atoms with Crippen LogP contribution in [0.3, 0.4) is 0 Å². The van der Waals surface area contributed by atoms with E-state index in [1.165, 1.54) is 0 Å². The highest BCUT2D eigenvalue weighted by molar-refractivity contribution is 5.80. The standard InChI is InChI=1S/C12H23N3O2/c1-3-5-11(13)14-10-6-8-15(9-7-10)12(16)17-4-2/h10H,3-9H2,1-2H3,(H2,13,14). The molecule has 0 spiro atoms. The van der Waals surface area contributed by atoms with Crippen molar-refractivity contribution in [3.8, 4) is 0 Å². The lowest BCUT2D eigenvalue weighted by Crippen LogP contribution is -2.40. The molecule has 0 aromatic rings. The summed E-state index contributed by atoms with van der Waals surface area (Å²) in [6, 6.07) is 0.271. The van der Waals surface area contributed by atoms with Gasteiger partial charge in [0, 0.05) is 19.5 Å². The van der Waals surface area contributed by atoms with Crippen LogP contribution >= 0.6 is 0 Å². The highest BCUT2D eigenvalue weighted by Gasteiger charge is 2.23. The van der Waals surface area contributed by atoms with Crippen molar-refractivity contribution in [2.24, 2.45) is 10.7 Å². The molecule has 0 radical (unpaired) electrons. The van der Waals surface area contributed by atoms with Gasteiger partial charge in [0.25, 0.3) is 0 Å². The van der Waals surface area contributed by atoms with E-state index in [1.54, 1.807) is 4.90 Å². The first-order valence-electron chi connectivity index (χ1n) is 6.41. The van der Waals surface area contributed by atoms with Gasteiger partial charge in [-0.25, -0.2) is 4.79 Å². The molecule has 1 heterocycles. The number of hydrogen-bond donors (Lipinski definition) is 1. The molecule has 2 N–H and O–H groups in total. The number of hydrogen-bond acceptors (Lipinski definition) is 3. The normalized spacial score (nSPS) is 18.2. The van der Waals surface area contributed by atoms with E-state index in [9.17, 15) is 4.79 Å². The lowest BCUT2D eigenvalue weighted by molar-refractivity contribution is 0.0975. The third-order valence-electron chi connectivity index (χ3n) is 2.85. The van der Waals surface area contributed by atoms with Crippen LogP contribution < -0.4 is 5.73 Å². The van der Waals surface area contributed by atoms with Gasteiger partial charge in [-0.3, -0.25) is 4.99 Å². The summed E-state index contributed by atoms with van der Waals surface area (Å²) in [5, 5.41) is 0. The molecule has 1 aliphatic heterocycles. The third-order valence-corrected chi connectivity index (χ3v) is 2.85. The van der Waals surface area contributed by atoms with Crippen molar-refractivity contribution in [2.45, 2.75) is 45.6 Å². The number of piperidine rings is 1. The number of carbonyl (C=O) groups is 1. The van der Waals surface area contributed by atoms with E-state index in [4.69, 9.17) is 10.5 Å². The molecular formula is C12H23N3O2. The second-order valence-electron chi connectivity index (χ2n) is 4.29. The van der Waals surface area contributed by atoms with Crippen LogP contribution in [0.25, 0.3) is 0 Å². The maximum Gasteiger partial charge on any atom is 0.409 e. The van der Waals surface area contributed by atoms with E-state index in [0.29, 0.717) is 19.7 Å². The largest absolute Gasteiger partial charge is 0.450 e. The van der Waals surface area contributed by atoms with Gasteiger partial charge >= 0.3 is 6.09 Å². The number of nitrogens with two attached hydrogens (primary N) is 1. The topological polar surface area (TPSA) is 67.9 Å². The molecule has 0 aliphatic carbocycles. The summed E-state index contributed by atoms with van der Waals surface area (Å²) in [7, 11) is 0. The smallest absolute Gasteiger partial charge is 0.409 e. The van der Waals surface area contributed by atoms with Gasteiger partial charge < -0.3 is 15.4 Å². The van der Waals surface area contributed by atoms with Gasteiger partial charge in [-0.15, -0.1) is 0 Å². The summed E-state index contributed by atoms with van der Waals surface area (Å²) >= 11 is 0. The Bertz CT molecular complexity index is 271. The van der Waals surface area contributed by atoms with Gasteiger partial charge in [0.1, 0.15) is 0 Å². The summed E-state index contributed by atoms with van der Waals surface area (Å²) in [4.78, 5) is 17.7. The molecule has 17 heavy (non-hydrogen) atoms. The molecule has 1 fully saturated rings. The summed E-state index contributed by atoms with van der Waals surface area (Å²) in [5.74, 6) is 0.738. The number of carbonyl (C=O) groups excluding carboxylic acids is 1. The zero-order chi connectivity index (χ0) is 12.7. The first-order valence-corrected chi connectivity index (χ1v) is 6.41. The molecule has 1 amide bonds. The molecule has 1 saturated heterocycles. The number of amidine groups is 1. The van der Waals surface area contributed by atoms with Crippen LogP contribution in [-0.4, -0.2) is 42.6 Å². The van der Waals surface area contributed by atoms with Gasteiger partial charge in [0.05, 0.1) is 18.5 Å². The van der Waals surface area contributed by atoms with Crippen LogP contribution in [0.15, 0.2) is 4.99 Å². The van der Waals surface area contributed by atoms with Crippen LogP contribution in [0, 0.1) is 0 Å². The fourth-order valence-corrected chi connectivity index (χ4v) is 1.95. The van der Waals surface area contributed by atoms with Gasteiger partial charge in [-0.05, 0) is 26.2 Å². The Hall–Kier alpha value is -1.26. The van der Waals surface area contributed by atoms with E-state index in [-0.39, 0.29) is 12.1 Å². The van der Waals surface area contributed by atoms with Gasteiger partial charge in [-0.2, -0.15) is 0 Å². The second kappa shape index (κ2) is 7.14. The van der Waals surface area contributed by atoms with Crippen molar-refractivity contribution in [3.05, 3.63) is 0 Å². The molecule has 5 heteroatoms. The monoisotopic (exact) mass is 241 g/mol. The second-order valence-corrected chi connectivity index (χ2v) is 4.29. The molecule has 0 bridgehead atoms. The van der Waals surface area contributed by atoms with Crippen LogP contribution in [-0.2, 0) is 4.74 Å². The van der Waals surface area contributed by atoms with Gasteiger partial charge in [-0.1, -0.05) is 6.92 Å². The maximum absolute atomic E-state index is 11.5. The molecule has 1 aliphatic rings. The SMILES string of the molecule is CCCC(N)=NC1CCN(C(=O)OCC)CC1. The summed E-state index contributed by atoms with van der Waals surface area (Å²) in [5.41, 5.74) is 5.80. The molecular weight excluding hydrogens is 218 g/mol. The third kappa shape index (κ3) is 4.63. The average Bonchev–Trinajstić information content (AvgIpc) is 2.30. The number of rotatable bonds is 4. The van der Waals surface area contributed by atoms with Gasteiger partial charge in [0.2, 0.25) is 0 Å². The highest BCUT2D eigenvalue weighted by atomic mass is 16.6. The molecule has 0 aromatic heterocycles. The number of aliphatic imine (C=N–C) groups is 1. The Morgan fingerprint density at radius 2 is 2.06 bits per heavy atom. The number of likely N-dealkylation sites (tertiary alicyclic amines) is 1. The molecule has 1 rings (SSSR count). The van der Waals surface area contributed by atoms with Crippen molar-refractivity contribution in [3.63, 3.8) is 0 Å². The Kier molecular flexibility index (Phi) is 5.80. The molecule has 0 aromatic carbocycles. The van der Waals surface area contributed by atoms with Crippen molar-refractivity contribution >= 4 is 11.9 Å². The molecule has 98 valence electrons. The zero-order valence-corrected chi connectivity index (χ0v) is 10.8. The van der Waals surface area contributed by atoms with Crippen molar-refractivity contribution in [1.29, 1.82) is 0 Å². The minimum atomic E-state index is -0.212. The lowest BCUT2D eigenvalue weighted by atomic mass is 10.1. The fraction of sp³-hybridized carbons (Fsp3) is 0.833. The Labute approximate surface area is 103 Å². The number of nitrogens with zero attached hydrogens (tertiary/aromatic N) is 2. The van der Waals surface area contributed by atoms with Crippen LogP contribution in [0.4, 0.5) is 4.79 Å². The van der Waals surface area contributed by atoms with Crippen molar-refractivity contribution in [1.82, 2.24) is 4.90 Å². The Morgan fingerprint density at radius 1 is 1.41 bits per heavy atom. The Morgan fingerprint density at radius 3 is 2.59 bits per heavy atom. The van der Waals surface area contributed by atoms with Crippen LogP contribution in [0.5, 0.6) is 0 Å². The van der Waals surface area contributed by atoms with Crippen LogP contribution in [0.2, 0.25) is 0 Å². The lowest BCUT2D eigenvalue weighted by Gasteiger charge is -2.29. The predicted octanol–water partition coefficient (Wildman–Crippen LogP) is 1.76. The van der Waals surface area contributed by atoms with Crippen molar-refractivity contribution in [2.75, 3.05) is 19.7 Å². The summed E-state index contributed by atoms with van der Waals surface area (Å²) in [6.07, 6.45) is 3.43. The van der Waals surface area contributed by atoms with E-state index >= 15 is 0 Å². The van der Waals surface area contributed by atoms with E-state index in [1.807, 2.05) is 6.92 Å². The zero-order valence-electron chi connectivity index (χ0n) is 10.8. The fourth-order valence-electron chi connectivity index (χ4n) is 1.95. The van der Waals surface area contributed by atoms with Gasteiger partial charge in [0.15, 0.2) is 0 Å². The number of ether oxygens (including phenoxy) is 1. The number of amides is 1. The minimum absolute atomic E-state index is 0.212. The summed E-state index contributed by atoms with van der Waals surface area (Å²) in [6.45, 7) is 5.77. The van der Waals surface area contributed by atoms with Crippen LogP contribution in [0.1, 0.15) is 39.5 Å². The molecule has 5 nitrogen and oxygen atoms in total. The maximum atomic E-state index is 11.5. The predicted molar refractivity (Wildman–Crippen MR) is 68.1 cm³/mol. The van der Waals surface area contributed by atoms with E-state index in [0.717, 1.165) is 31.5 Å². The first-order chi connectivity index (χ1) is 8.17. The first kappa shape index (κ1) is 13.8. The average molecular weight is 241 g/mol. The summed E-state index contributed by atoms with van der Waals surface area (Å²) < 4.78 is 4.96. The van der Waals surface area contributed by atoms with Crippen molar-refractivity contribution < 1.29 is 9.53 Å². The van der Waals surface area contributed by atoms with E-state index in [2.05, 4.69) is 11.9 Å². The van der Waals surface area contributed by atoms with E-state index < -0.39 is 0 Å². The molecule has 0 saturated carbocycles.